The number of amides is 2. The van der Waals surface area contributed by atoms with Crippen molar-refractivity contribution in [2.75, 3.05) is 11.6 Å². The van der Waals surface area contributed by atoms with Gasteiger partial charge in [0.2, 0.25) is 0 Å². The first-order valence-corrected chi connectivity index (χ1v) is 6.78. The van der Waals surface area contributed by atoms with E-state index in [4.69, 9.17) is 0 Å². The van der Waals surface area contributed by atoms with Crippen molar-refractivity contribution >= 4 is 23.6 Å². The number of thioether (sulfide) groups is 1. The van der Waals surface area contributed by atoms with Gasteiger partial charge in [0.05, 0.1) is 11.1 Å². The molecule has 1 aromatic rings. The molecule has 1 unspecified atom stereocenters. The molecule has 0 radical (unpaired) electrons. The number of rotatable bonds is 3. The maximum Gasteiger partial charge on any atom is 0.321 e. The van der Waals surface area contributed by atoms with Gasteiger partial charge in [0, 0.05) is 11.5 Å². The molecular weight excluding hydrogens is 236 g/mol. The zero-order chi connectivity index (χ0) is 13.1. The van der Waals surface area contributed by atoms with Crippen molar-refractivity contribution in [2.45, 2.75) is 38.5 Å². The Kier molecular flexibility index (Phi) is 4.45. The number of aromatic amines is 1. The maximum absolute atomic E-state index is 11.6. The Morgan fingerprint density at radius 3 is 2.65 bits per heavy atom. The number of anilines is 1. The summed E-state index contributed by atoms with van der Waals surface area (Å²) in [4.78, 5) is 11.6. The van der Waals surface area contributed by atoms with Crippen LogP contribution in [-0.2, 0) is 5.41 Å². The lowest BCUT2D eigenvalue weighted by atomic mass is 9.92. The molecular formula is C11H20N4OS. The Morgan fingerprint density at radius 2 is 2.18 bits per heavy atom. The van der Waals surface area contributed by atoms with Gasteiger partial charge in [-0.15, -0.1) is 11.8 Å². The third-order valence-corrected chi connectivity index (χ3v) is 3.11. The molecule has 0 aliphatic carbocycles. The van der Waals surface area contributed by atoms with E-state index in [-0.39, 0.29) is 16.8 Å². The van der Waals surface area contributed by atoms with Gasteiger partial charge < -0.3 is 5.32 Å². The van der Waals surface area contributed by atoms with Gasteiger partial charge in [-0.2, -0.15) is 5.10 Å². The predicted molar refractivity (Wildman–Crippen MR) is 72.4 cm³/mol. The summed E-state index contributed by atoms with van der Waals surface area (Å²) in [6.45, 7) is 8.15. The van der Waals surface area contributed by atoms with Crippen LogP contribution in [0.15, 0.2) is 6.07 Å². The molecule has 0 aliphatic rings. The Balaban J connectivity index is 2.58. The molecule has 3 N–H and O–H groups in total. The molecule has 0 aliphatic heterocycles. The highest BCUT2D eigenvalue weighted by Crippen LogP contribution is 2.21. The first kappa shape index (κ1) is 13.9. The highest BCUT2D eigenvalue weighted by molar-refractivity contribution is 7.99. The number of aromatic nitrogens is 2. The monoisotopic (exact) mass is 256 g/mol. The van der Waals surface area contributed by atoms with Crippen LogP contribution in [0.4, 0.5) is 10.6 Å². The zero-order valence-electron chi connectivity index (χ0n) is 10.9. The minimum atomic E-state index is -0.226. The fourth-order valence-electron chi connectivity index (χ4n) is 1.17. The smallest absolute Gasteiger partial charge is 0.321 e. The van der Waals surface area contributed by atoms with Crippen LogP contribution in [0.1, 0.15) is 33.4 Å². The van der Waals surface area contributed by atoms with Crippen molar-refractivity contribution in [1.29, 1.82) is 0 Å². The molecule has 0 fully saturated rings. The van der Waals surface area contributed by atoms with Crippen LogP contribution >= 0.6 is 11.8 Å². The van der Waals surface area contributed by atoms with Crippen LogP contribution in [0.25, 0.3) is 0 Å². The molecule has 2 amide bonds. The van der Waals surface area contributed by atoms with Gasteiger partial charge in [-0.25, -0.2) is 4.79 Å². The third-order valence-electron chi connectivity index (χ3n) is 2.28. The lowest BCUT2D eigenvalue weighted by molar-refractivity contribution is 0.252. The summed E-state index contributed by atoms with van der Waals surface area (Å²) in [6, 6.07) is 1.62. The fourth-order valence-corrected chi connectivity index (χ4v) is 1.40. The SMILES string of the molecule is CSC(C)NC(=O)Nc1cc(C(C)(C)C)n[nH]1. The molecule has 1 atom stereocenters. The molecule has 17 heavy (non-hydrogen) atoms. The zero-order valence-corrected chi connectivity index (χ0v) is 11.7. The van der Waals surface area contributed by atoms with E-state index >= 15 is 0 Å². The number of hydrogen-bond donors (Lipinski definition) is 3. The molecule has 0 saturated carbocycles. The average molecular weight is 256 g/mol. The number of nitrogens with zero attached hydrogens (tertiary/aromatic N) is 1. The van der Waals surface area contributed by atoms with E-state index in [1.165, 1.54) is 0 Å². The van der Waals surface area contributed by atoms with E-state index in [2.05, 4.69) is 41.6 Å². The van der Waals surface area contributed by atoms with E-state index in [9.17, 15) is 4.79 Å². The molecule has 0 aromatic carbocycles. The van der Waals surface area contributed by atoms with Gasteiger partial charge in [-0.3, -0.25) is 10.4 Å². The van der Waals surface area contributed by atoms with Crippen LogP contribution in [0.3, 0.4) is 0 Å². The van der Waals surface area contributed by atoms with E-state index in [1.807, 2.05) is 19.2 Å². The molecule has 0 saturated heterocycles. The standard InChI is InChI=1S/C11H20N4OS/c1-7(17-5)12-10(16)13-9-6-8(14-15-9)11(2,3)4/h6-7H,1-5H3,(H3,12,13,14,15,16). The van der Waals surface area contributed by atoms with Crippen LogP contribution in [-0.4, -0.2) is 27.9 Å². The quantitative estimate of drug-likeness (QED) is 0.728. The lowest BCUT2D eigenvalue weighted by Gasteiger charge is -2.13. The van der Waals surface area contributed by atoms with Crippen molar-refractivity contribution in [3.63, 3.8) is 0 Å². The van der Waals surface area contributed by atoms with E-state index in [0.717, 1.165) is 5.69 Å². The van der Waals surface area contributed by atoms with Gasteiger partial charge in [0.1, 0.15) is 5.82 Å². The van der Waals surface area contributed by atoms with E-state index in [1.54, 1.807) is 11.8 Å². The first-order valence-electron chi connectivity index (χ1n) is 5.49. The second kappa shape index (κ2) is 5.44. The van der Waals surface area contributed by atoms with Crippen molar-refractivity contribution in [3.8, 4) is 0 Å². The van der Waals surface area contributed by atoms with Crippen LogP contribution < -0.4 is 10.6 Å². The second-order valence-electron chi connectivity index (χ2n) is 4.89. The molecule has 1 aromatic heterocycles. The summed E-state index contributed by atoms with van der Waals surface area (Å²) in [6.07, 6.45) is 1.94. The van der Waals surface area contributed by atoms with Crippen molar-refractivity contribution in [1.82, 2.24) is 15.5 Å². The number of H-pyrrole nitrogens is 1. The number of carbonyl (C=O) groups is 1. The van der Waals surface area contributed by atoms with Crippen LogP contribution in [0.2, 0.25) is 0 Å². The Morgan fingerprint density at radius 1 is 1.53 bits per heavy atom. The largest absolute Gasteiger partial charge is 0.326 e. The Hall–Kier alpha value is -1.17. The molecule has 96 valence electrons. The first-order chi connectivity index (χ1) is 7.82. The third kappa shape index (κ3) is 4.30. The summed E-state index contributed by atoms with van der Waals surface area (Å²) in [7, 11) is 0. The molecule has 0 bridgehead atoms. The highest BCUT2D eigenvalue weighted by Gasteiger charge is 2.18. The van der Waals surface area contributed by atoms with Crippen molar-refractivity contribution in [2.24, 2.45) is 0 Å². The topological polar surface area (TPSA) is 69.8 Å². The Labute approximate surface area is 106 Å². The number of urea groups is 1. The van der Waals surface area contributed by atoms with Gasteiger partial charge in [0.25, 0.3) is 0 Å². The summed E-state index contributed by atoms with van der Waals surface area (Å²) < 4.78 is 0. The van der Waals surface area contributed by atoms with E-state index in [0.29, 0.717) is 5.82 Å². The normalized spacial score (nSPS) is 13.2. The second-order valence-corrected chi connectivity index (χ2v) is 6.07. The fraction of sp³-hybridized carbons (Fsp3) is 0.636. The van der Waals surface area contributed by atoms with E-state index < -0.39 is 0 Å². The molecule has 1 heterocycles. The predicted octanol–water partition coefficient (Wildman–Crippen LogP) is 2.54. The van der Waals surface area contributed by atoms with Gasteiger partial charge in [0.15, 0.2) is 0 Å². The summed E-state index contributed by atoms with van der Waals surface area (Å²) in [5.41, 5.74) is 0.894. The maximum atomic E-state index is 11.6. The highest BCUT2D eigenvalue weighted by atomic mass is 32.2. The number of carbonyl (C=O) groups excluding carboxylic acids is 1. The van der Waals surface area contributed by atoms with Crippen LogP contribution in [0.5, 0.6) is 0 Å². The molecule has 5 nitrogen and oxygen atoms in total. The minimum Gasteiger partial charge on any atom is -0.326 e. The van der Waals surface area contributed by atoms with Gasteiger partial charge in [-0.1, -0.05) is 20.8 Å². The number of hydrogen-bond acceptors (Lipinski definition) is 3. The minimum absolute atomic E-state index is 0.0283. The molecule has 1 rings (SSSR count). The molecule has 6 heteroatoms. The average Bonchev–Trinajstić information content (AvgIpc) is 2.65. The Bertz CT molecular complexity index is 383. The van der Waals surface area contributed by atoms with Crippen molar-refractivity contribution < 1.29 is 4.79 Å². The van der Waals surface area contributed by atoms with Crippen LogP contribution in [0, 0.1) is 0 Å². The van der Waals surface area contributed by atoms with Gasteiger partial charge >= 0.3 is 6.03 Å². The summed E-state index contributed by atoms with van der Waals surface area (Å²) in [5.74, 6) is 0.612. The number of nitrogens with one attached hydrogen (secondary N) is 3. The van der Waals surface area contributed by atoms with Crippen molar-refractivity contribution in [3.05, 3.63) is 11.8 Å². The van der Waals surface area contributed by atoms with Gasteiger partial charge in [-0.05, 0) is 13.2 Å². The summed E-state index contributed by atoms with van der Waals surface area (Å²) >= 11 is 1.58. The lowest BCUT2D eigenvalue weighted by Crippen LogP contribution is -2.34. The summed E-state index contributed by atoms with van der Waals surface area (Å²) in [5, 5.41) is 12.6. The molecule has 0 spiro atoms.